The summed E-state index contributed by atoms with van der Waals surface area (Å²) < 4.78 is 0. The fourth-order valence-corrected chi connectivity index (χ4v) is 8.21. The smallest absolute Gasteiger partial charge is 0.0261 e. The van der Waals surface area contributed by atoms with E-state index in [1.807, 2.05) is 0 Å². The van der Waals surface area contributed by atoms with Crippen molar-refractivity contribution in [2.24, 2.45) is 46.3 Å². The second kappa shape index (κ2) is 4.75. The van der Waals surface area contributed by atoms with Crippen molar-refractivity contribution in [3.63, 3.8) is 0 Å². The normalized spacial score (nSPS) is 56.1. The van der Waals surface area contributed by atoms with Crippen molar-refractivity contribution in [2.45, 2.75) is 85.5 Å². The maximum Gasteiger partial charge on any atom is -0.0261 e. The first-order chi connectivity index (χ1) is 9.97. The largest absolute Gasteiger partial charge is 0.0625 e. The zero-order chi connectivity index (χ0) is 14.8. The van der Waals surface area contributed by atoms with Crippen LogP contribution in [0.1, 0.15) is 85.5 Å². The molecule has 0 spiro atoms. The van der Waals surface area contributed by atoms with E-state index in [0.717, 1.165) is 40.9 Å². The van der Waals surface area contributed by atoms with Crippen LogP contribution in [0.5, 0.6) is 0 Å². The summed E-state index contributed by atoms with van der Waals surface area (Å²) in [4.78, 5) is 0. The minimum absolute atomic E-state index is 0.693. The maximum absolute atomic E-state index is 2.71. The van der Waals surface area contributed by atoms with Gasteiger partial charge in [0.15, 0.2) is 0 Å². The zero-order valence-corrected chi connectivity index (χ0v) is 14.8. The summed E-state index contributed by atoms with van der Waals surface area (Å²) in [6.07, 6.45) is 14.0. The van der Waals surface area contributed by atoms with Gasteiger partial charge in [-0.05, 0) is 91.3 Å². The van der Waals surface area contributed by atoms with Gasteiger partial charge in [0.2, 0.25) is 0 Å². The van der Waals surface area contributed by atoms with Crippen LogP contribution in [0.25, 0.3) is 0 Å². The molecule has 4 rings (SSSR count). The molecule has 0 heteroatoms. The van der Waals surface area contributed by atoms with Crippen molar-refractivity contribution in [3.8, 4) is 0 Å². The van der Waals surface area contributed by atoms with E-state index in [1.165, 1.54) is 19.3 Å². The van der Waals surface area contributed by atoms with Crippen molar-refractivity contribution >= 4 is 0 Å². The molecule has 120 valence electrons. The molecule has 4 saturated carbocycles. The first-order valence-electron chi connectivity index (χ1n) is 9.97. The van der Waals surface area contributed by atoms with Gasteiger partial charge in [-0.15, -0.1) is 0 Å². The molecule has 0 amide bonds. The van der Waals surface area contributed by atoms with Crippen LogP contribution in [0.2, 0.25) is 0 Å². The summed E-state index contributed by atoms with van der Waals surface area (Å²) in [6, 6.07) is 0. The minimum atomic E-state index is 0.693. The summed E-state index contributed by atoms with van der Waals surface area (Å²) in [5.41, 5.74) is 1.41. The van der Waals surface area contributed by atoms with E-state index >= 15 is 0 Å². The van der Waals surface area contributed by atoms with Crippen LogP contribution in [0.3, 0.4) is 0 Å². The van der Waals surface area contributed by atoms with Gasteiger partial charge in [0.05, 0.1) is 0 Å². The maximum atomic E-state index is 2.71. The zero-order valence-electron chi connectivity index (χ0n) is 14.8. The van der Waals surface area contributed by atoms with Crippen molar-refractivity contribution in [1.29, 1.82) is 0 Å². The Morgan fingerprint density at radius 2 is 1.62 bits per heavy atom. The molecular formula is C21H36. The van der Waals surface area contributed by atoms with Crippen molar-refractivity contribution < 1.29 is 0 Å². The van der Waals surface area contributed by atoms with Crippen LogP contribution in [0.4, 0.5) is 0 Å². The lowest BCUT2D eigenvalue weighted by atomic mass is 9.52. The third-order valence-electron chi connectivity index (χ3n) is 9.13. The van der Waals surface area contributed by atoms with E-state index in [4.69, 9.17) is 0 Å². The molecule has 0 radical (unpaired) electrons. The molecule has 0 heterocycles. The first kappa shape index (κ1) is 14.6. The van der Waals surface area contributed by atoms with Gasteiger partial charge in [0.1, 0.15) is 0 Å². The van der Waals surface area contributed by atoms with E-state index in [0.29, 0.717) is 5.41 Å². The molecule has 4 fully saturated rings. The van der Waals surface area contributed by atoms with E-state index < -0.39 is 0 Å². The topological polar surface area (TPSA) is 0 Å². The van der Waals surface area contributed by atoms with E-state index in [9.17, 15) is 0 Å². The molecule has 0 saturated heterocycles. The fourth-order valence-electron chi connectivity index (χ4n) is 8.21. The molecule has 0 aliphatic heterocycles. The highest BCUT2D eigenvalue weighted by Crippen LogP contribution is 2.71. The van der Waals surface area contributed by atoms with Gasteiger partial charge < -0.3 is 0 Å². The summed E-state index contributed by atoms with van der Waals surface area (Å²) in [7, 11) is 0. The summed E-state index contributed by atoms with van der Waals surface area (Å²) >= 11 is 0. The van der Waals surface area contributed by atoms with Crippen LogP contribution >= 0.6 is 0 Å². The lowest BCUT2D eigenvalue weighted by Gasteiger charge is -2.53. The van der Waals surface area contributed by atoms with Crippen molar-refractivity contribution in [3.05, 3.63) is 0 Å². The Morgan fingerprint density at radius 1 is 0.810 bits per heavy atom. The molecule has 4 aliphatic rings. The number of hydrogen-bond acceptors (Lipinski definition) is 0. The molecule has 7 atom stereocenters. The highest BCUT2D eigenvalue weighted by atomic mass is 14.7. The third kappa shape index (κ3) is 1.86. The van der Waals surface area contributed by atoms with Crippen LogP contribution in [-0.2, 0) is 0 Å². The molecule has 0 aromatic rings. The molecule has 0 nitrogen and oxygen atoms in total. The first-order valence-corrected chi connectivity index (χ1v) is 9.97. The minimum Gasteiger partial charge on any atom is -0.0625 e. The Morgan fingerprint density at radius 3 is 2.38 bits per heavy atom. The van der Waals surface area contributed by atoms with Gasteiger partial charge in [0.25, 0.3) is 0 Å². The molecular weight excluding hydrogens is 252 g/mol. The highest BCUT2D eigenvalue weighted by molar-refractivity contribution is 5.12. The Kier molecular flexibility index (Phi) is 3.30. The average Bonchev–Trinajstić information content (AvgIpc) is 2.90. The Labute approximate surface area is 132 Å². The predicted octanol–water partition coefficient (Wildman–Crippen LogP) is 6.30. The van der Waals surface area contributed by atoms with Crippen LogP contribution < -0.4 is 0 Å². The van der Waals surface area contributed by atoms with Gasteiger partial charge >= 0.3 is 0 Å². The molecule has 0 bridgehead atoms. The third-order valence-corrected chi connectivity index (χ3v) is 9.13. The van der Waals surface area contributed by atoms with Crippen LogP contribution in [0, 0.1) is 46.3 Å². The second-order valence-electron chi connectivity index (χ2n) is 10.0. The van der Waals surface area contributed by atoms with Crippen LogP contribution in [0.15, 0.2) is 0 Å². The SMILES string of the molecule is CC(C)C1CCC2C3CCC4CCCCC4(C)C3CC12C. The van der Waals surface area contributed by atoms with Gasteiger partial charge in [-0.25, -0.2) is 0 Å². The molecule has 4 aliphatic carbocycles. The quantitative estimate of drug-likeness (QED) is 0.531. The average molecular weight is 289 g/mol. The van der Waals surface area contributed by atoms with Crippen molar-refractivity contribution in [2.75, 3.05) is 0 Å². The molecule has 0 aromatic heterocycles. The monoisotopic (exact) mass is 288 g/mol. The predicted molar refractivity (Wildman–Crippen MR) is 90.1 cm³/mol. The second-order valence-corrected chi connectivity index (χ2v) is 10.0. The number of hydrogen-bond donors (Lipinski definition) is 0. The Balaban J connectivity index is 1.66. The van der Waals surface area contributed by atoms with Crippen molar-refractivity contribution in [1.82, 2.24) is 0 Å². The summed E-state index contributed by atoms with van der Waals surface area (Å²) in [5.74, 6) is 6.24. The number of fused-ring (bicyclic) bond motifs is 5. The molecule has 21 heavy (non-hydrogen) atoms. The van der Waals surface area contributed by atoms with Gasteiger partial charge in [-0.1, -0.05) is 40.5 Å². The fraction of sp³-hybridized carbons (Fsp3) is 1.00. The highest BCUT2D eigenvalue weighted by Gasteiger charge is 2.63. The number of rotatable bonds is 1. The molecule has 0 N–H and O–H groups in total. The standard InChI is InChI=1S/C21H36/c1-14(2)17-10-11-18-16-9-8-15-7-5-6-12-20(15,3)19(16)13-21(17,18)4/h14-19H,5-13H2,1-4H3. The van der Waals surface area contributed by atoms with Gasteiger partial charge in [0, 0.05) is 0 Å². The van der Waals surface area contributed by atoms with Crippen LogP contribution in [-0.4, -0.2) is 0 Å². The Hall–Kier alpha value is 0. The lowest BCUT2D eigenvalue weighted by molar-refractivity contribution is -0.0309. The van der Waals surface area contributed by atoms with E-state index in [2.05, 4.69) is 27.7 Å². The van der Waals surface area contributed by atoms with Gasteiger partial charge in [-0.2, -0.15) is 0 Å². The van der Waals surface area contributed by atoms with Gasteiger partial charge in [-0.3, -0.25) is 0 Å². The lowest BCUT2D eigenvalue weighted by Crippen LogP contribution is -2.44. The molecule has 0 aromatic carbocycles. The summed E-state index contributed by atoms with van der Waals surface area (Å²) in [5, 5.41) is 0. The molecule has 7 unspecified atom stereocenters. The Bertz CT molecular complexity index is 410. The van der Waals surface area contributed by atoms with E-state index in [1.54, 1.807) is 38.5 Å². The summed E-state index contributed by atoms with van der Waals surface area (Å²) in [6.45, 7) is 10.4. The van der Waals surface area contributed by atoms with E-state index in [-0.39, 0.29) is 0 Å².